The summed E-state index contributed by atoms with van der Waals surface area (Å²) >= 11 is 0. The third-order valence-corrected chi connectivity index (χ3v) is 3.53. The molecule has 0 aliphatic heterocycles. The van der Waals surface area contributed by atoms with Gasteiger partial charge in [0.25, 0.3) is 0 Å². The van der Waals surface area contributed by atoms with Crippen molar-refractivity contribution < 1.29 is 4.79 Å². The van der Waals surface area contributed by atoms with Gasteiger partial charge < -0.3 is 0 Å². The molecule has 0 N–H and O–H groups in total. The van der Waals surface area contributed by atoms with Crippen molar-refractivity contribution in [3.8, 4) is 0 Å². The Hall–Kier alpha value is -1.89. The molecule has 0 unspecified atom stereocenters. The van der Waals surface area contributed by atoms with E-state index in [1.165, 1.54) is 5.56 Å². The fraction of sp³-hybridized carbons (Fsp3) is 0.188. The van der Waals surface area contributed by atoms with Gasteiger partial charge in [-0.3, -0.25) is 4.79 Å². The molecule has 0 saturated heterocycles. The maximum Gasteiger partial charge on any atom is 0.157 e. The first-order chi connectivity index (χ1) is 8.30. The maximum atomic E-state index is 12.4. The second kappa shape index (κ2) is 3.85. The predicted molar refractivity (Wildman–Crippen MR) is 68.5 cm³/mol. The number of fused-ring (bicyclic) bond motifs is 2. The van der Waals surface area contributed by atoms with Crippen molar-refractivity contribution in [3.05, 3.63) is 72.4 Å². The first kappa shape index (κ1) is 10.3. The number of hydrogen-bond acceptors (Lipinski definition) is 1. The zero-order valence-corrected chi connectivity index (χ0v) is 9.54. The van der Waals surface area contributed by atoms with Crippen LogP contribution >= 0.6 is 0 Å². The van der Waals surface area contributed by atoms with Crippen LogP contribution in [0.1, 0.15) is 5.56 Å². The fourth-order valence-electron chi connectivity index (χ4n) is 2.59. The molecular formula is C16H14O. The number of carbonyl (C=O) groups excluding carboxylic acids is 1. The molecule has 1 aromatic rings. The van der Waals surface area contributed by atoms with E-state index in [1.807, 2.05) is 48.6 Å². The van der Waals surface area contributed by atoms with Gasteiger partial charge in [-0.05, 0) is 12.0 Å². The van der Waals surface area contributed by atoms with Gasteiger partial charge in [0.2, 0.25) is 0 Å². The van der Waals surface area contributed by atoms with Gasteiger partial charge in [-0.1, -0.05) is 66.8 Å². The van der Waals surface area contributed by atoms with Crippen LogP contribution in [0.5, 0.6) is 0 Å². The quantitative estimate of drug-likeness (QED) is 0.703. The van der Waals surface area contributed by atoms with Crippen LogP contribution in [0.4, 0.5) is 0 Å². The van der Waals surface area contributed by atoms with Crippen LogP contribution in [0.2, 0.25) is 0 Å². The minimum Gasteiger partial charge on any atom is -0.297 e. The minimum atomic E-state index is -0.421. The Morgan fingerprint density at radius 3 is 2.65 bits per heavy atom. The van der Waals surface area contributed by atoms with Gasteiger partial charge in [-0.25, -0.2) is 0 Å². The topological polar surface area (TPSA) is 17.1 Å². The van der Waals surface area contributed by atoms with Crippen LogP contribution in [0.3, 0.4) is 0 Å². The van der Waals surface area contributed by atoms with Crippen LogP contribution in [-0.2, 0) is 11.2 Å². The lowest BCUT2D eigenvalue weighted by molar-refractivity contribution is -0.124. The molecule has 2 aliphatic rings. The van der Waals surface area contributed by atoms with Crippen molar-refractivity contribution in [2.75, 3.05) is 0 Å². The Morgan fingerprint density at radius 1 is 1.00 bits per heavy atom. The summed E-state index contributed by atoms with van der Waals surface area (Å²) in [6, 6.07) is 10.2. The van der Waals surface area contributed by atoms with Gasteiger partial charge in [0, 0.05) is 0 Å². The smallest absolute Gasteiger partial charge is 0.157 e. The molecule has 2 bridgehead atoms. The van der Waals surface area contributed by atoms with Crippen molar-refractivity contribution in [1.29, 1.82) is 0 Å². The number of allylic oxidation sites excluding steroid dienone is 6. The second-order valence-electron chi connectivity index (χ2n) is 4.70. The van der Waals surface area contributed by atoms with E-state index >= 15 is 0 Å². The van der Waals surface area contributed by atoms with Gasteiger partial charge in [0.1, 0.15) is 0 Å². The molecule has 84 valence electrons. The van der Waals surface area contributed by atoms with E-state index in [4.69, 9.17) is 0 Å². The Kier molecular flexibility index (Phi) is 2.32. The lowest BCUT2D eigenvalue weighted by Crippen LogP contribution is -2.28. The van der Waals surface area contributed by atoms with E-state index in [0.717, 1.165) is 6.42 Å². The first-order valence-corrected chi connectivity index (χ1v) is 5.94. The van der Waals surface area contributed by atoms with Gasteiger partial charge >= 0.3 is 0 Å². The van der Waals surface area contributed by atoms with E-state index in [0.29, 0.717) is 5.78 Å². The largest absolute Gasteiger partial charge is 0.297 e. The highest BCUT2D eigenvalue weighted by Crippen LogP contribution is 2.38. The third kappa shape index (κ3) is 1.68. The van der Waals surface area contributed by atoms with Crippen molar-refractivity contribution in [2.45, 2.75) is 6.42 Å². The maximum absolute atomic E-state index is 12.4. The number of rotatable bonds is 2. The minimum absolute atomic E-state index is 0.0336. The third-order valence-electron chi connectivity index (χ3n) is 3.53. The summed E-state index contributed by atoms with van der Waals surface area (Å²) in [5.74, 6) is 0.264. The number of ketones is 1. The van der Waals surface area contributed by atoms with Crippen LogP contribution in [-0.4, -0.2) is 5.78 Å². The molecule has 1 heteroatoms. The van der Waals surface area contributed by atoms with Crippen LogP contribution in [0.25, 0.3) is 0 Å². The molecule has 0 saturated carbocycles. The van der Waals surface area contributed by atoms with Crippen LogP contribution < -0.4 is 0 Å². The Bertz CT molecular complexity index is 522. The number of benzene rings is 1. The van der Waals surface area contributed by atoms with Crippen LogP contribution in [0.15, 0.2) is 66.8 Å². The Balaban J connectivity index is 1.97. The molecule has 2 aliphatic carbocycles. The van der Waals surface area contributed by atoms with Crippen molar-refractivity contribution in [2.24, 2.45) is 11.3 Å². The van der Waals surface area contributed by atoms with E-state index in [-0.39, 0.29) is 5.92 Å². The van der Waals surface area contributed by atoms with E-state index in [1.54, 1.807) is 0 Å². The molecule has 0 aromatic heterocycles. The van der Waals surface area contributed by atoms with Crippen molar-refractivity contribution >= 4 is 5.78 Å². The zero-order chi connectivity index (χ0) is 11.7. The molecule has 0 amide bonds. The standard InChI is InChI=1S/C16H14O/c17-15-14-8-4-5-10-16(15,11-9-14)12-13-6-2-1-3-7-13/h1-11,14H,12H2/t14-,16+/m1/s1. The van der Waals surface area contributed by atoms with Gasteiger partial charge in [-0.2, -0.15) is 0 Å². The Morgan fingerprint density at radius 2 is 1.82 bits per heavy atom. The molecule has 2 atom stereocenters. The second-order valence-corrected chi connectivity index (χ2v) is 4.70. The van der Waals surface area contributed by atoms with Crippen molar-refractivity contribution in [1.82, 2.24) is 0 Å². The summed E-state index contributed by atoms with van der Waals surface area (Å²) < 4.78 is 0. The molecule has 1 aromatic carbocycles. The molecule has 0 heterocycles. The highest BCUT2D eigenvalue weighted by atomic mass is 16.1. The number of hydrogen-bond donors (Lipinski definition) is 0. The summed E-state index contributed by atoms with van der Waals surface area (Å²) in [5, 5.41) is 0. The van der Waals surface area contributed by atoms with E-state index in [2.05, 4.69) is 18.2 Å². The highest BCUT2D eigenvalue weighted by Gasteiger charge is 2.41. The predicted octanol–water partition coefficient (Wildman–Crippen LogP) is 3.10. The molecule has 0 spiro atoms. The summed E-state index contributed by atoms with van der Waals surface area (Å²) in [4.78, 5) is 12.4. The van der Waals surface area contributed by atoms with Gasteiger partial charge in [0.15, 0.2) is 5.78 Å². The van der Waals surface area contributed by atoms with Gasteiger partial charge in [-0.15, -0.1) is 0 Å². The molecule has 0 fully saturated rings. The molecular weight excluding hydrogens is 208 g/mol. The van der Waals surface area contributed by atoms with E-state index < -0.39 is 5.41 Å². The zero-order valence-electron chi connectivity index (χ0n) is 9.54. The molecule has 3 rings (SSSR count). The lowest BCUT2D eigenvalue weighted by atomic mass is 9.79. The molecule has 0 radical (unpaired) electrons. The summed E-state index contributed by atoms with van der Waals surface area (Å²) in [5.41, 5.74) is 0.785. The number of carbonyl (C=O) groups is 1. The van der Waals surface area contributed by atoms with Crippen LogP contribution in [0, 0.1) is 11.3 Å². The summed E-state index contributed by atoms with van der Waals surface area (Å²) in [7, 11) is 0. The SMILES string of the molecule is O=C1[C@@H]2C=CC=C[C@@]1(Cc1ccccc1)C=C2. The molecule has 1 nitrogen and oxygen atoms in total. The summed E-state index contributed by atoms with van der Waals surface area (Å²) in [6.07, 6.45) is 12.8. The molecule has 17 heavy (non-hydrogen) atoms. The fourth-order valence-corrected chi connectivity index (χ4v) is 2.59. The first-order valence-electron chi connectivity index (χ1n) is 5.94. The summed E-state index contributed by atoms with van der Waals surface area (Å²) in [6.45, 7) is 0. The normalized spacial score (nSPS) is 29.6. The monoisotopic (exact) mass is 222 g/mol. The Labute approximate surface area is 101 Å². The lowest BCUT2D eigenvalue weighted by Gasteiger charge is -2.22. The average Bonchev–Trinajstić information content (AvgIpc) is 2.53. The van der Waals surface area contributed by atoms with Crippen molar-refractivity contribution in [3.63, 3.8) is 0 Å². The van der Waals surface area contributed by atoms with Gasteiger partial charge in [0.05, 0.1) is 11.3 Å². The number of Topliss-reactive ketones (excluding diaryl/α,β-unsaturated/α-hetero) is 1. The highest BCUT2D eigenvalue weighted by molar-refractivity contribution is 5.97. The van der Waals surface area contributed by atoms with E-state index in [9.17, 15) is 4.79 Å². The average molecular weight is 222 g/mol.